The van der Waals surface area contributed by atoms with Gasteiger partial charge in [-0.15, -0.1) is 0 Å². The van der Waals surface area contributed by atoms with Crippen LogP contribution in [0.15, 0.2) is 36.4 Å². The lowest BCUT2D eigenvalue weighted by atomic mass is 10.1. The van der Waals surface area contributed by atoms with Gasteiger partial charge < -0.3 is 20.3 Å². The number of amides is 1. The fraction of sp³-hybridized carbons (Fsp3) is 0.133. The van der Waals surface area contributed by atoms with Crippen LogP contribution in [0, 0.1) is 6.92 Å². The van der Waals surface area contributed by atoms with E-state index in [1.54, 1.807) is 25.3 Å². The van der Waals surface area contributed by atoms with Gasteiger partial charge in [-0.2, -0.15) is 0 Å². The van der Waals surface area contributed by atoms with Crippen LogP contribution in [-0.4, -0.2) is 23.2 Å². The number of phenolic OH excluding ortho intramolecular Hbond substituents is 2. The molecule has 0 radical (unpaired) electrons. The molecular formula is C15H15NO4. The molecule has 3 N–H and O–H groups in total. The van der Waals surface area contributed by atoms with Crippen LogP contribution in [0.1, 0.15) is 15.9 Å². The van der Waals surface area contributed by atoms with Gasteiger partial charge in [0.05, 0.1) is 7.11 Å². The number of carbonyl (C=O) groups excluding carboxylic acids is 1. The summed E-state index contributed by atoms with van der Waals surface area (Å²) < 4.78 is 5.14. The SMILES string of the molecule is COc1ccc(NC(=O)c2c(O)cccc2O)cc1C. The van der Waals surface area contributed by atoms with E-state index < -0.39 is 5.91 Å². The number of hydrogen-bond donors (Lipinski definition) is 3. The zero-order valence-corrected chi connectivity index (χ0v) is 11.2. The molecule has 1 amide bonds. The van der Waals surface area contributed by atoms with E-state index in [1.165, 1.54) is 18.2 Å². The third kappa shape index (κ3) is 2.66. The number of ether oxygens (including phenoxy) is 1. The summed E-state index contributed by atoms with van der Waals surface area (Å²) in [5.41, 5.74) is 1.27. The molecule has 0 fully saturated rings. The van der Waals surface area contributed by atoms with Crippen molar-refractivity contribution >= 4 is 11.6 Å². The standard InChI is InChI=1S/C15H15NO4/c1-9-8-10(6-7-13(9)20-2)16-15(19)14-11(17)4-3-5-12(14)18/h3-8,17-18H,1-2H3,(H,16,19). The van der Waals surface area contributed by atoms with Crippen molar-refractivity contribution in [3.63, 3.8) is 0 Å². The lowest BCUT2D eigenvalue weighted by molar-refractivity contribution is 0.102. The van der Waals surface area contributed by atoms with Crippen LogP contribution in [0.25, 0.3) is 0 Å². The third-order valence-corrected chi connectivity index (χ3v) is 2.90. The van der Waals surface area contributed by atoms with Crippen LogP contribution < -0.4 is 10.1 Å². The summed E-state index contributed by atoms with van der Waals surface area (Å²) in [6, 6.07) is 9.30. The number of benzene rings is 2. The van der Waals surface area contributed by atoms with Gasteiger partial charge in [0.2, 0.25) is 0 Å². The molecule has 5 heteroatoms. The molecule has 0 atom stereocenters. The lowest BCUT2D eigenvalue weighted by Gasteiger charge is -2.10. The van der Waals surface area contributed by atoms with Gasteiger partial charge in [0.15, 0.2) is 0 Å². The van der Waals surface area contributed by atoms with Gasteiger partial charge in [-0.1, -0.05) is 6.07 Å². The Labute approximate surface area is 116 Å². The molecule has 2 aromatic carbocycles. The van der Waals surface area contributed by atoms with Gasteiger partial charge in [0, 0.05) is 5.69 Å². The molecular weight excluding hydrogens is 258 g/mol. The Morgan fingerprint density at radius 2 is 1.80 bits per heavy atom. The molecule has 0 aliphatic heterocycles. The van der Waals surface area contributed by atoms with E-state index in [0.717, 1.165) is 5.56 Å². The number of carbonyl (C=O) groups is 1. The molecule has 0 aliphatic carbocycles. The highest BCUT2D eigenvalue weighted by atomic mass is 16.5. The van der Waals surface area contributed by atoms with Crippen molar-refractivity contribution < 1.29 is 19.7 Å². The van der Waals surface area contributed by atoms with Gasteiger partial charge in [-0.25, -0.2) is 0 Å². The van der Waals surface area contributed by atoms with E-state index in [9.17, 15) is 15.0 Å². The number of rotatable bonds is 3. The molecule has 0 unspecified atom stereocenters. The fourth-order valence-corrected chi connectivity index (χ4v) is 1.91. The van der Waals surface area contributed by atoms with Gasteiger partial charge in [0.25, 0.3) is 5.91 Å². The van der Waals surface area contributed by atoms with Crippen LogP contribution in [-0.2, 0) is 0 Å². The monoisotopic (exact) mass is 273 g/mol. The molecule has 2 rings (SSSR count). The van der Waals surface area contributed by atoms with Crippen molar-refractivity contribution in [2.45, 2.75) is 6.92 Å². The first-order chi connectivity index (χ1) is 9.52. The predicted octanol–water partition coefficient (Wildman–Crippen LogP) is 2.67. The molecule has 104 valence electrons. The third-order valence-electron chi connectivity index (χ3n) is 2.90. The van der Waals surface area contributed by atoms with Gasteiger partial charge in [-0.05, 0) is 42.8 Å². The second-order valence-electron chi connectivity index (χ2n) is 4.31. The Morgan fingerprint density at radius 3 is 2.35 bits per heavy atom. The number of nitrogens with one attached hydrogen (secondary N) is 1. The molecule has 0 aromatic heterocycles. The van der Waals surface area contributed by atoms with E-state index in [0.29, 0.717) is 11.4 Å². The van der Waals surface area contributed by atoms with Crippen molar-refractivity contribution in [2.75, 3.05) is 12.4 Å². The number of hydrogen-bond acceptors (Lipinski definition) is 4. The minimum absolute atomic E-state index is 0.152. The summed E-state index contributed by atoms with van der Waals surface area (Å²) in [7, 11) is 1.57. The Morgan fingerprint density at radius 1 is 1.15 bits per heavy atom. The normalized spacial score (nSPS) is 10.1. The van der Waals surface area contributed by atoms with Crippen LogP contribution in [0.3, 0.4) is 0 Å². The number of methoxy groups -OCH3 is 1. The summed E-state index contributed by atoms with van der Waals surface area (Å²) in [4.78, 5) is 12.1. The second-order valence-corrected chi connectivity index (χ2v) is 4.31. The largest absolute Gasteiger partial charge is 0.507 e. The van der Waals surface area contributed by atoms with Crippen molar-refractivity contribution in [1.29, 1.82) is 0 Å². The molecule has 0 saturated carbocycles. The summed E-state index contributed by atoms with van der Waals surface area (Å²) in [5, 5.41) is 21.9. The fourth-order valence-electron chi connectivity index (χ4n) is 1.91. The first-order valence-corrected chi connectivity index (χ1v) is 6.00. The van der Waals surface area contributed by atoms with E-state index in [4.69, 9.17) is 4.74 Å². The summed E-state index contributed by atoms with van der Waals surface area (Å²) in [6.45, 7) is 1.85. The first-order valence-electron chi connectivity index (χ1n) is 6.00. The molecule has 0 saturated heterocycles. The quantitative estimate of drug-likeness (QED) is 0.803. The van der Waals surface area contributed by atoms with Crippen molar-refractivity contribution in [3.8, 4) is 17.2 Å². The Kier molecular flexibility index (Phi) is 3.79. The van der Waals surface area contributed by atoms with E-state index in [1.807, 2.05) is 6.92 Å². The maximum absolute atomic E-state index is 12.1. The number of phenols is 2. The number of aromatic hydroxyl groups is 2. The van der Waals surface area contributed by atoms with Crippen molar-refractivity contribution in [1.82, 2.24) is 0 Å². The smallest absolute Gasteiger partial charge is 0.263 e. The summed E-state index contributed by atoms with van der Waals surface area (Å²) in [5.74, 6) is -0.404. The average Bonchev–Trinajstić information content (AvgIpc) is 2.38. The van der Waals surface area contributed by atoms with Crippen molar-refractivity contribution in [3.05, 3.63) is 47.5 Å². The zero-order chi connectivity index (χ0) is 14.7. The van der Waals surface area contributed by atoms with Crippen LogP contribution >= 0.6 is 0 Å². The minimum Gasteiger partial charge on any atom is -0.507 e. The Hall–Kier alpha value is -2.69. The maximum atomic E-state index is 12.1. The topological polar surface area (TPSA) is 78.8 Å². The lowest BCUT2D eigenvalue weighted by Crippen LogP contribution is -2.12. The number of anilines is 1. The van der Waals surface area contributed by atoms with E-state index in [-0.39, 0.29) is 17.1 Å². The van der Waals surface area contributed by atoms with Crippen molar-refractivity contribution in [2.24, 2.45) is 0 Å². The Balaban J connectivity index is 2.26. The predicted molar refractivity (Wildman–Crippen MR) is 75.5 cm³/mol. The molecule has 5 nitrogen and oxygen atoms in total. The minimum atomic E-state index is -0.579. The summed E-state index contributed by atoms with van der Waals surface area (Å²) in [6.07, 6.45) is 0. The van der Waals surface area contributed by atoms with Gasteiger partial charge in [-0.3, -0.25) is 4.79 Å². The van der Waals surface area contributed by atoms with Gasteiger partial charge >= 0.3 is 0 Å². The van der Waals surface area contributed by atoms with Crippen LogP contribution in [0.5, 0.6) is 17.2 Å². The molecule has 2 aromatic rings. The molecule has 0 aliphatic rings. The molecule has 0 heterocycles. The highest BCUT2D eigenvalue weighted by Crippen LogP contribution is 2.28. The molecule has 20 heavy (non-hydrogen) atoms. The molecule has 0 spiro atoms. The Bertz CT molecular complexity index is 632. The van der Waals surface area contributed by atoms with Crippen LogP contribution in [0.2, 0.25) is 0 Å². The molecule has 0 bridgehead atoms. The number of aryl methyl sites for hydroxylation is 1. The zero-order valence-electron chi connectivity index (χ0n) is 11.2. The highest BCUT2D eigenvalue weighted by Gasteiger charge is 2.16. The average molecular weight is 273 g/mol. The van der Waals surface area contributed by atoms with Gasteiger partial charge in [0.1, 0.15) is 22.8 Å². The van der Waals surface area contributed by atoms with Crippen LogP contribution in [0.4, 0.5) is 5.69 Å². The van der Waals surface area contributed by atoms with E-state index >= 15 is 0 Å². The summed E-state index contributed by atoms with van der Waals surface area (Å²) >= 11 is 0. The first kappa shape index (κ1) is 13.7. The highest BCUT2D eigenvalue weighted by molar-refractivity contribution is 6.08. The second kappa shape index (κ2) is 5.52. The maximum Gasteiger partial charge on any atom is 0.263 e. The van der Waals surface area contributed by atoms with E-state index in [2.05, 4.69) is 5.32 Å².